The minimum Gasteiger partial charge on any atom is -0.426 e. The van der Waals surface area contributed by atoms with Gasteiger partial charge in [0.05, 0.1) is 11.1 Å². The van der Waals surface area contributed by atoms with Gasteiger partial charge in [-0.2, -0.15) is 0 Å². The molecule has 0 bridgehead atoms. The number of pyridine rings is 1. The molecule has 2 rings (SSSR count). The highest BCUT2D eigenvalue weighted by Gasteiger charge is 2.23. The summed E-state index contributed by atoms with van der Waals surface area (Å²) in [5.74, 6) is 0.323. The molecule has 1 aromatic heterocycles. The predicted octanol–water partition coefficient (Wildman–Crippen LogP) is 4.20. The first kappa shape index (κ1) is 15.0. The maximum Gasteiger partial charge on any atom is 0.316 e. The molecule has 3 heteroatoms. The fraction of sp³-hybridized carbons (Fsp3) is 0.222. The molecule has 0 amide bonds. The van der Waals surface area contributed by atoms with Crippen molar-refractivity contribution in [3.8, 4) is 5.75 Å². The van der Waals surface area contributed by atoms with Gasteiger partial charge in [0.25, 0.3) is 0 Å². The fourth-order valence-corrected chi connectivity index (χ4v) is 1.56. The Labute approximate surface area is 125 Å². The summed E-state index contributed by atoms with van der Waals surface area (Å²) in [6.45, 7) is 5.50. The van der Waals surface area contributed by atoms with Crippen LogP contribution in [0, 0.1) is 5.41 Å². The molecule has 0 aliphatic rings. The minimum absolute atomic E-state index is 0.237. The van der Waals surface area contributed by atoms with Crippen molar-refractivity contribution in [3.05, 3.63) is 59.9 Å². The first-order valence-electron chi connectivity index (χ1n) is 6.86. The fourth-order valence-electron chi connectivity index (χ4n) is 1.56. The van der Waals surface area contributed by atoms with E-state index in [1.165, 1.54) is 0 Å². The molecule has 0 N–H and O–H groups in total. The number of esters is 1. The van der Waals surface area contributed by atoms with Gasteiger partial charge in [0.1, 0.15) is 5.75 Å². The smallest absolute Gasteiger partial charge is 0.316 e. The number of carbonyl (C=O) groups excluding carboxylic acids is 1. The Bertz CT molecular complexity index is 623. The Morgan fingerprint density at radius 1 is 1.05 bits per heavy atom. The zero-order valence-corrected chi connectivity index (χ0v) is 12.5. The molecule has 0 saturated carbocycles. The molecule has 108 valence electrons. The van der Waals surface area contributed by atoms with Gasteiger partial charge in [0, 0.05) is 6.20 Å². The average molecular weight is 281 g/mol. The van der Waals surface area contributed by atoms with Crippen LogP contribution in [0.5, 0.6) is 5.75 Å². The first-order valence-corrected chi connectivity index (χ1v) is 6.86. The van der Waals surface area contributed by atoms with E-state index in [9.17, 15) is 4.79 Å². The van der Waals surface area contributed by atoms with Crippen molar-refractivity contribution < 1.29 is 9.53 Å². The van der Waals surface area contributed by atoms with Crippen molar-refractivity contribution in [2.24, 2.45) is 5.41 Å². The predicted molar refractivity (Wildman–Crippen MR) is 84.7 cm³/mol. The summed E-state index contributed by atoms with van der Waals surface area (Å²) in [7, 11) is 0. The number of benzene rings is 1. The van der Waals surface area contributed by atoms with Crippen molar-refractivity contribution in [1.29, 1.82) is 0 Å². The minimum atomic E-state index is -0.502. The number of ether oxygens (including phenoxy) is 1. The summed E-state index contributed by atoms with van der Waals surface area (Å²) < 4.78 is 5.32. The van der Waals surface area contributed by atoms with Gasteiger partial charge < -0.3 is 4.74 Å². The van der Waals surface area contributed by atoms with Crippen LogP contribution < -0.4 is 4.74 Å². The monoisotopic (exact) mass is 281 g/mol. The van der Waals surface area contributed by atoms with Crippen molar-refractivity contribution in [3.63, 3.8) is 0 Å². The number of rotatable bonds is 3. The van der Waals surface area contributed by atoms with Crippen molar-refractivity contribution in [1.82, 2.24) is 4.98 Å². The van der Waals surface area contributed by atoms with Crippen molar-refractivity contribution >= 4 is 18.1 Å². The van der Waals surface area contributed by atoms with E-state index < -0.39 is 5.41 Å². The Kier molecular flexibility index (Phi) is 4.53. The Balaban J connectivity index is 2.03. The van der Waals surface area contributed by atoms with Gasteiger partial charge in [0.15, 0.2) is 0 Å². The standard InChI is InChI=1S/C18H19NO2/c1-18(2,3)17(20)21-16-11-8-14(9-12-16)7-10-15-6-4-5-13-19-15/h4-13H,1-3H3. The highest BCUT2D eigenvalue weighted by Crippen LogP contribution is 2.20. The highest BCUT2D eigenvalue weighted by atomic mass is 16.5. The molecule has 0 atom stereocenters. The topological polar surface area (TPSA) is 39.2 Å². The van der Waals surface area contributed by atoms with Gasteiger partial charge in [-0.25, -0.2) is 0 Å². The van der Waals surface area contributed by atoms with Crippen molar-refractivity contribution in [2.75, 3.05) is 0 Å². The van der Waals surface area contributed by atoms with E-state index in [2.05, 4.69) is 4.98 Å². The number of aromatic nitrogens is 1. The summed E-state index contributed by atoms with van der Waals surface area (Å²) >= 11 is 0. The molecule has 2 aromatic rings. The molecule has 1 aromatic carbocycles. The average Bonchev–Trinajstić information content (AvgIpc) is 2.46. The Morgan fingerprint density at radius 3 is 2.33 bits per heavy atom. The molecular weight excluding hydrogens is 262 g/mol. The molecule has 0 spiro atoms. The highest BCUT2D eigenvalue weighted by molar-refractivity contribution is 5.78. The van der Waals surface area contributed by atoms with Gasteiger partial charge in [0.2, 0.25) is 0 Å². The van der Waals surface area contributed by atoms with Crippen LogP contribution in [-0.2, 0) is 4.79 Å². The third-order valence-corrected chi connectivity index (χ3v) is 2.84. The normalized spacial score (nSPS) is 11.6. The first-order chi connectivity index (χ1) is 9.95. The summed E-state index contributed by atoms with van der Waals surface area (Å²) in [6, 6.07) is 13.2. The second kappa shape index (κ2) is 6.35. The summed E-state index contributed by atoms with van der Waals surface area (Å²) in [4.78, 5) is 16.0. The van der Waals surface area contributed by atoms with E-state index in [0.29, 0.717) is 5.75 Å². The Morgan fingerprint density at radius 2 is 1.76 bits per heavy atom. The van der Waals surface area contributed by atoms with Crippen molar-refractivity contribution in [2.45, 2.75) is 20.8 Å². The van der Waals surface area contributed by atoms with Crippen LogP contribution in [0.25, 0.3) is 12.2 Å². The maximum absolute atomic E-state index is 11.8. The SMILES string of the molecule is CC(C)(C)C(=O)Oc1ccc(C=Cc2ccccn2)cc1. The molecule has 0 fully saturated rings. The Hall–Kier alpha value is -2.42. The van der Waals surface area contributed by atoms with E-state index in [4.69, 9.17) is 4.74 Å². The maximum atomic E-state index is 11.8. The van der Waals surface area contributed by atoms with E-state index in [0.717, 1.165) is 11.3 Å². The third kappa shape index (κ3) is 4.56. The van der Waals surface area contributed by atoms with Crippen LogP contribution in [-0.4, -0.2) is 11.0 Å². The molecule has 3 nitrogen and oxygen atoms in total. The van der Waals surface area contributed by atoms with Crippen LogP contribution in [0.15, 0.2) is 48.7 Å². The lowest BCUT2D eigenvalue weighted by Crippen LogP contribution is -2.25. The van der Waals surface area contributed by atoms with Gasteiger partial charge in [-0.05, 0) is 56.7 Å². The van der Waals surface area contributed by atoms with Gasteiger partial charge in [-0.15, -0.1) is 0 Å². The molecule has 0 aliphatic heterocycles. The van der Waals surface area contributed by atoms with Crippen LogP contribution in [0.3, 0.4) is 0 Å². The summed E-state index contributed by atoms with van der Waals surface area (Å²) in [6.07, 6.45) is 5.67. The summed E-state index contributed by atoms with van der Waals surface area (Å²) in [5.41, 5.74) is 1.43. The number of carbonyl (C=O) groups is 1. The molecule has 21 heavy (non-hydrogen) atoms. The van der Waals surface area contributed by atoms with Gasteiger partial charge in [-0.1, -0.05) is 24.3 Å². The zero-order valence-electron chi connectivity index (χ0n) is 12.5. The van der Waals surface area contributed by atoms with Crippen LogP contribution in [0.1, 0.15) is 32.0 Å². The lowest BCUT2D eigenvalue weighted by Gasteiger charge is -2.16. The van der Waals surface area contributed by atoms with E-state index in [1.807, 2.05) is 63.3 Å². The van der Waals surface area contributed by atoms with E-state index in [1.54, 1.807) is 18.3 Å². The van der Waals surface area contributed by atoms with E-state index >= 15 is 0 Å². The third-order valence-electron chi connectivity index (χ3n) is 2.84. The van der Waals surface area contributed by atoms with Crippen LogP contribution in [0.2, 0.25) is 0 Å². The van der Waals surface area contributed by atoms with E-state index in [-0.39, 0.29) is 5.97 Å². The molecule has 0 saturated heterocycles. The second-order valence-electron chi connectivity index (χ2n) is 5.80. The molecular formula is C18H19NO2. The number of hydrogen-bond donors (Lipinski definition) is 0. The summed E-state index contributed by atoms with van der Waals surface area (Å²) in [5, 5.41) is 0. The number of nitrogens with zero attached hydrogens (tertiary/aromatic N) is 1. The number of hydrogen-bond acceptors (Lipinski definition) is 3. The zero-order chi connectivity index (χ0) is 15.3. The van der Waals surface area contributed by atoms with Crippen LogP contribution >= 0.6 is 0 Å². The lowest BCUT2D eigenvalue weighted by molar-refractivity contribution is -0.142. The lowest BCUT2D eigenvalue weighted by atomic mass is 9.97. The largest absolute Gasteiger partial charge is 0.426 e. The van der Waals surface area contributed by atoms with Crippen LogP contribution in [0.4, 0.5) is 0 Å². The second-order valence-corrected chi connectivity index (χ2v) is 5.80. The molecule has 0 unspecified atom stereocenters. The molecule has 0 aliphatic carbocycles. The van der Waals surface area contributed by atoms with Gasteiger partial charge >= 0.3 is 5.97 Å². The molecule has 1 heterocycles. The molecule has 0 radical (unpaired) electrons. The quantitative estimate of drug-likeness (QED) is 0.625. The van der Waals surface area contributed by atoms with Gasteiger partial charge in [-0.3, -0.25) is 9.78 Å².